The van der Waals surface area contributed by atoms with Crippen molar-refractivity contribution < 1.29 is 19.1 Å². The van der Waals surface area contributed by atoms with Gasteiger partial charge >= 0.3 is 0 Å². The highest BCUT2D eigenvalue weighted by molar-refractivity contribution is 6.77. The molecule has 6 heteroatoms. The van der Waals surface area contributed by atoms with Crippen molar-refractivity contribution in [2.75, 3.05) is 6.61 Å². The Bertz CT molecular complexity index is 975. The second kappa shape index (κ2) is 13.4. The zero-order chi connectivity index (χ0) is 27.9. The van der Waals surface area contributed by atoms with E-state index in [2.05, 4.69) is 41.5 Å². The van der Waals surface area contributed by atoms with Gasteiger partial charge in [-0.15, -0.1) is 0 Å². The zero-order valence-corrected chi connectivity index (χ0v) is 25.5. The highest BCUT2D eigenvalue weighted by Gasteiger charge is 2.56. The average Bonchev–Trinajstić information content (AvgIpc) is 3.05. The van der Waals surface area contributed by atoms with Crippen LogP contribution in [0.1, 0.15) is 78.9 Å². The van der Waals surface area contributed by atoms with Crippen LogP contribution in [0.4, 0.5) is 0 Å². The molecule has 5 nitrogen and oxygen atoms in total. The second-order valence-electron chi connectivity index (χ2n) is 11.9. The number of nitrogens with zero attached hydrogens (tertiary/aromatic N) is 1. The summed E-state index contributed by atoms with van der Waals surface area (Å²) >= 11 is 0. The molecule has 0 aliphatic carbocycles. The molecule has 38 heavy (non-hydrogen) atoms. The van der Waals surface area contributed by atoms with Gasteiger partial charge in [0, 0.05) is 13.2 Å². The van der Waals surface area contributed by atoms with Gasteiger partial charge in [-0.1, -0.05) is 109 Å². The van der Waals surface area contributed by atoms with Crippen molar-refractivity contribution in [1.29, 1.82) is 0 Å². The molecule has 2 aromatic carbocycles. The standard InChI is InChI=1S/C32H49NO4Si/c1-24(2)38(25(3)4,26(5)6)37-21-15-14-20-32(35)30(36-23-29-18-12-9-13-19-29)27(7)31(34)33(32)22-28-16-10-8-11-17-28/h8-13,16-19,24-27,30,35H,14-15,20-23H2,1-7H3/t27-,30+,32?/m1/s1. The van der Waals surface area contributed by atoms with Crippen LogP contribution in [0, 0.1) is 5.92 Å². The summed E-state index contributed by atoms with van der Waals surface area (Å²) < 4.78 is 13.1. The Labute approximate surface area is 231 Å². The van der Waals surface area contributed by atoms with Gasteiger partial charge in [-0.3, -0.25) is 4.79 Å². The van der Waals surface area contributed by atoms with Crippen molar-refractivity contribution in [2.45, 2.75) is 109 Å². The first-order chi connectivity index (χ1) is 18.0. The summed E-state index contributed by atoms with van der Waals surface area (Å²) in [6.45, 7) is 17.1. The lowest BCUT2D eigenvalue weighted by Crippen LogP contribution is -2.52. The summed E-state index contributed by atoms with van der Waals surface area (Å²) in [4.78, 5) is 15.1. The number of hydrogen-bond donors (Lipinski definition) is 1. The number of likely N-dealkylation sites (tertiary alicyclic amines) is 1. The minimum atomic E-state index is -1.93. The number of ether oxygens (including phenoxy) is 1. The summed E-state index contributed by atoms with van der Waals surface area (Å²) in [5, 5.41) is 12.2. The molecular weight excluding hydrogens is 490 g/mol. The molecule has 1 amide bonds. The van der Waals surface area contributed by atoms with Gasteiger partial charge in [-0.05, 0) is 47.0 Å². The van der Waals surface area contributed by atoms with Crippen LogP contribution < -0.4 is 0 Å². The van der Waals surface area contributed by atoms with E-state index in [0.717, 1.165) is 24.0 Å². The van der Waals surface area contributed by atoms with Crippen molar-refractivity contribution in [3.63, 3.8) is 0 Å². The smallest absolute Gasteiger partial charge is 0.230 e. The Morgan fingerprint density at radius 1 is 0.868 bits per heavy atom. The molecule has 0 radical (unpaired) electrons. The Morgan fingerprint density at radius 2 is 1.39 bits per heavy atom. The second-order valence-corrected chi connectivity index (χ2v) is 17.4. The first-order valence-electron chi connectivity index (χ1n) is 14.4. The van der Waals surface area contributed by atoms with E-state index in [1.165, 1.54) is 0 Å². The normalized spacial score (nSPS) is 22.3. The molecule has 210 valence electrons. The van der Waals surface area contributed by atoms with Gasteiger partial charge in [0.15, 0.2) is 14.0 Å². The zero-order valence-electron chi connectivity index (χ0n) is 24.5. The maximum atomic E-state index is 13.5. The number of unbranched alkanes of at least 4 members (excludes halogenated alkanes) is 1. The molecule has 0 aromatic heterocycles. The van der Waals surface area contributed by atoms with E-state index in [4.69, 9.17) is 9.16 Å². The van der Waals surface area contributed by atoms with Crippen LogP contribution >= 0.6 is 0 Å². The molecule has 0 spiro atoms. The number of carbonyl (C=O) groups is 1. The van der Waals surface area contributed by atoms with Gasteiger partial charge in [0.05, 0.1) is 12.5 Å². The Morgan fingerprint density at radius 3 is 1.92 bits per heavy atom. The number of hydrogen-bond acceptors (Lipinski definition) is 4. The van der Waals surface area contributed by atoms with E-state index in [-0.39, 0.29) is 5.91 Å². The van der Waals surface area contributed by atoms with Gasteiger partial charge in [0.1, 0.15) is 6.10 Å². The molecule has 1 N–H and O–H groups in total. The molecule has 1 saturated heterocycles. The molecule has 1 fully saturated rings. The lowest BCUT2D eigenvalue weighted by atomic mass is 9.95. The summed E-state index contributed by atoms with van der Waals surface area (Å²) in [5.41, 5.74) is 2.28. The molecule has 3 rings (SSSR count). The highest BCUT2D eigenvalue weighted by Crippen LogP contribution is 2.43. The first-order valence-corrected chi connectivity index (χ1v) is 16.5. The lowest BCUT2D eigenvalue weighted by Gasteiger charge is -2.42. The molecule has 1 unspecified atom stereocenters. The van der Waals surface area contributed by atoms with E-state index >= 15 is 0 Å². The maximum Gasteiger partial charge on any atom is 0.230 e. The third-order valence-electron chi connectivity index (χ3n) is 8.49. The van der Waals surface area contributed by atoms with E-state index in [0.29, 0.717) is 42.8 Å². The molecule has 1 aliphatic heterocycles. The fourth-order valence-electron chi connectivity index (χ4n) is 6.65. The Balaban J connectivity index is 1.74. The van der Waals surface area contributed by atoms with E-state index in [1.54, 1.807) is 4.90 Å². The Kier molecular flexibility index (Phi) is 10.8. The minimum absolute atomic E-state index is 0.0588. The quantitative estimate of drug-likeness (QED) is 0.202. The van der Waals surface area contributed by atoms with Crippen molar-refractivity contribution in [3.8, 4) is 0 Å². The van der Waals surface area contributed by atoms with Crippen LogP contribution in [0.15, 0.2) is 60.7 Å². The summed E-state index contributed by atoms with van der Waals surface area (Å²) in [6.07, 6.45) is 1.45. The highest BCUT2D eigenvalue weighted by atomic mass is 28.4. The minimum Gasteiger partial charge on any atom is -0.416 e. The van der Waals surface area contributed by atoms with Crippen molar-refractivity contribution in [3.05, 3.63) is 71.8 Å². The topological polar surface area (TPSA) is 59.0 Å². The van der Waals surface area contributed by atoms with Crippen LogP contribution in [0.25, 0.3) is 0 Å². The van der Waals surface area contributed by atoms with Crippen LogP contribution in [0.3, 0.4) is 0 Å². The predicted molar refractivity (Wildman–Crippen MR) is 157 cm³/mol. The van der Waals surface area contributed by atoms with Crippen LogP contribution in [0.2, 0.25) is 16.6 Å². The monoisotopic (exact) mass is 539 g/mol. The molecule has 0 saturated carbocycles. The molecule has 0 bridgehead atoms. The van der Waals surface area contributed by atoms with Gasteiger partial charge in [0.25, 0.3) is 0 Å². The third kappa shape index (κ3) is 6.59. The summed E-state index contributed by atoms with van der Waals surface area (Å²) in [7, 11) is -1.93. The van der Waals surface area contributed by atoms with E-state index in [9.17, 15) is 9.90 Å². The number of aliphatic hydroxyl groups is 1. The fourth-order valence-corrected chi connectivity index (χ4v) is 12.2. The largest absolute Gasteiger partial charge is 0.416 e. The molecule has 2 aromatic rings. The third-order valence-corrected chi connectivity index (χ3v) is 14.6. The van der Waals surface area contributed by atoms with Gasteiger partial charge in [-0.25, -0.2) is 0 Å². The number of benzene rings is 2. The van der Waals surface area contributed by atoms with Crippen molar-refractivity contribution in [2.24, 2.45) is 5.92 Å². The van der Waals surface area contributed by atoms with Gasteiger partial charge < -0.3 is 19.2 Å². The van der Waals surface area contributed by atoms with Crippen LogP contribution in [-0.4, -0.2) is 42.7 Å². The first kappa shape index (κ1) is 30.5. The number of amides is 1. The maximum absolute atomic E-state index is 13.5. The SMILES string of the molecule is CC(C)[Si](OCCCCC1(O)[C@@H](OCc2ccccc2)[C@@H](C)C(=O)N1Cc1ccccc1)(C(C)C)C(C)C. The summed E-state index contributed by atoms with van der Waals surface area (Å²) in [5.74, 6) is -0.483. The van der Waals surface area contributed by atoms with E-state index < -0.39 is 26.1 Å². The molecule has 1 heterocycles. The molecule has 1 aliphatic rings. The van der Waals surface area contributed by atoms with Gasteiger partial charge in [0.2, 0.25) is 5.91 Å². The summed E-state index contributed by atoms with van der Waals surface area (Å²) in [6, 6.07) is 19.8. The molecular formula is C32H49NO4Si. The number of rotatable bonds is 14. The Hall–Kier alpha value is -1.99. The number of carbonyl (C=O) groups excluding carboxylic acids is 1. The van der Waals surface area contributed by atoms with Gasteiger partial charge in [-0.2, -0.15) is 0 Å². The van der Waals surface area contributed by atoms with Crippen molar-refractivity contribution >= 4 is 14.2 Å². The molecule has 3 atom stereocenters. The van der Waals surface area contributed by atoms with E-state index in [1.807, 2.05) is 67.6 Å². The fraction of sp³-hybridized carbons (Fsp3) is 0.594. The lowest BCUT2D eigenvalue weighted by molar-refractivity contribution is -0.180. The average molecular weight is 540 g/mol. The van der Waals surface area contributed by atoms with Crippen LogP contribution in [0.5, 0.6) is 0 Å². The van der Waals surface area contributed by atoms with Crippen LogP contribution in [-0.2, 0) is 27.1 Å². The van der Waals surface area contributed by atoms with Crippen molar-refractivity contribution in [1.82, 2.24) is 4.90 Å². The predicted octanol–water partition coefficient (Wildman–Crippen LogP) is 7.30.